The van der Waals surface area contributed by atoms with Gasteiger partial charge in [-0.05, 0) is 32.3 Å². The van der Waals surface area contributed by atoms with Crippen LogP contribution in [0, 0.1) is 17.0 Å². The maximum atomic E-state index is 11.2. The van der Waals surface area contributed by atoms with Crippen molar-refractivity contribution >= 4 is 5.69 Å². The van der Waals surface area contributed by atoms with Gasteiger partial charge in [-0.2, -0.15) is 5.10 Å². The minimum absolute atomic E-state index is 0.0183. The number of hydrogen-bond donors (Lipinski definition) is 1. The summed E-state index contributed by atoms with van der Waals surface area (Å²) < 4.78 is 1.70. The second kappa shape index (κ2) is 4.72. The van der Waals surface area contributed by atoms with Gasteiger partial charge in [0.2, 0.25) is 0 Å². The molecule has 20 heavy (non-hydrogen) atoms. The van der Waals surface area contributed by atoms with E-state index >= 15 is 0 Å². The normalized spacial score (nSPS) is 17.8. The first kappa shape index (κ1) is 12.8. The van der Waals surface area contributed by atoms with Crippen molar-refractivity contribution in [1.82, 2.24) is 9.78 Å². The second-order valence-electron chi connectivity index (χ2n) is 5.10. The molecule has 0 radical (unpaired) electrons. The highest BCUT2D eigenvalue weighted by atomic mass is 16.6. The van der Waals surface area contributed by atoms with Crippen LogP contribution in [-0.2, 0) is 6.42 Å². The van der Waals surface area contributed by atoms with Crippen LogP contribution in [-0.4, -0.2) is 14.7 Å². The van der Waals surface area contributed by atoms with Gasteiger partial charge >= 0.3 is 0 Å². The third-order valence-corrected chi connectivity index (χ3v) is 3.81. The number of nitrogens with two attached hydrogens (primary N) is 1. The SMILES string of the molecule is Cc1nn(-c2ccccc2[N+](=O)[O-])c2c1C(N)CCC2. The molecule has 0 bridgehead atoms. The van der Waals surface area contributed by atoms with E-state index in [1.165, 1.54) is 6.07 Å². The first-order valence-corrected chi connectivity index (χ1v) is 6.67. The molecule has 1 aromatic heterocycles. The fraction of sp³-hybridized carbons (Fsp3) is 0.357. The van der Waals surface area contributed by atoms with Gasteiger partial charge in [0.05, 0.1) is 10.6 Å². The summed E-state index contributed by atoms with van der Waals surface area (Å²) in [7, 11) is 0. The quantitative estimate of drug-likeness (QED) is 0.671. The number of rotatable bonds is 2. The highest BCUT2D eigenvalue weighted by Crippen LogP contribution is 2.33. The molecule has 1 unspecified atom stereocenters. The number of aromatic nitrogens is 2. The van der Waals surface area contributed by atoms with Gasteiger partial charge < -0.3 is 5.73 Å². The highest BCUT2D eigenvalue weighted by molar-refractivity contribution is 5.53. The number of hydrogen-bond acceptors (Lipinski definition) is 4. The Hall–Kier alpha value is -2.21. The van der Waals surface area contributed by atoms with Gasteiger partial charge in [0, 0.05) is 23.4 Å². The van der Waals surface area contributed by atoms with Gasteiger partial charge in [-0.15, -0.1) is 0 Å². The van der Waals surface area contributed by atoms with Crippen LogP contribution in [0.1, 0.15) is 35.8 Å². The van der Waals surface area contributed by atoms with E-state index in [1.807, 2.05) is 6.92 Å². The van der Waals surface area contributed by atoms with Gasteiger partial charge in [-0.3, -0.25) is 10.1 Å². The lowest BCUT2D eigenvalue weighted by molar-refractivity contribution is -0.384. The second-order valence-corrected chi connectivity index (χ2v) is 5.10. The molecule has 0 saturated carbocycles. The van der Waals surface area contributed by atoms with Crippen molar-refractivity contribution in [2.75, 3.05) is 0 Å². The molecular weight excluding hydrogens is 256 g/mol. The lowest BCUT2D eigenvalue weighted by atomic mass is 9.91. The molecule has 0 fully saturated rings. The fourth-order valence-corrected chi connectivity index (χ4v) is 2.94. The van der Waals surface area contributed by atoms with E-state index in [2.05, 4.69) is 5.10 Å². The maximum absolute atomic E-state index is 11.2. The van der Waals surface area contributed by atoms with Crippen molar-refractivity contribution in [2.24, 2.45) is 5.73 Å². The zero-order valence-electron chi connectivity index (χ0n) is 11.2. The molecule has 1 aromatic carbocycles. The topological polar surface area (TPSA) is 87.0 Å². The molecule has 1 heterocycles. The lowest BCUT2D eigenvalue weighted by Crippen LogP contribution is -2.18. The van der Waals surface area contributed by atoms with E-state index in [1.54, 1.807) is 22.9 Å². The van der Waals surface area contributed by atoms with E-state index in [-0.39, 0.29) is 16.7 Å². The molecule has 3 rings (SSSR count). The third-order valence-electron chi connectivity index (χ3n) is 3.81. The largest absolute Gasteiger partial charge is 0.324 e. The van der Waals surface area contributed by atoms with Gasteiger partial charge in [0.1, 0.15) is 5.69 Å². The Bertz CT molecular complexity index is 678. The van der Waals surface area contributed by atoms with Gasteiger partial charge in [0.15, 0.2) is 0 Å². The van der Waals surface area contributed by atoms with Crippen LogP contribution in [0.15, 0.2) is 24.3 Å². The molecule has 2 aromatic rings. The summed E-state index contributed by atoms with van der Waals surface area (Å²) in [5, 5.41) is 15.7. The molecule has 0 amide bonds. The van der Waals surface area contributed by atoms with Crippen molar-refractivity contribution in [3.05, 3.63) is 51.3 Å². The Morgan fingerprint density at radius 2 is 2.20 bits per heavy atom. The van der Waals surface area contributed by atoms with Crippen molar-refractivity contribution in [1.29, 1.82) is 0 Å². The van der Waals surface area contributed by atoms with Crippen LogP contribution in [0.2, 0.25) is 0 Å². The number of nitrogens with zero attached hydrogens (tertiary/aromatic N) is 3. The average Bonchev–Trinajstić information content (AvgIpc) is 2.77. The molecule has 6 heteroatoms. The van der Waals surface area contributed by atoms with Crippen molar-refractivity contribution in [3.8, 4) is 5.69 Å². The van der Waals surface area contributed by atoms with Crippen molar-refractivity contribution in [3.63, 3.8) is 0 Å². The Morgan fingerprint density at radius 1 is 1.45 bits per heavy atom. The van der Waals surface area contributed by atoms with Crippen LogP contribution < -0.4 is 5.73 Å². The van der Waals surface area contributed by atoms with E-state index in [9.17, 15) is 10.1 Å². The van der Waals surface area contributed by atoms with Crippen LogP contribution in [0.25, 0.3) is 5.69 Å². The number of benzene rings is 1. The number of para-hydroxylation sites is 2. The van der Waals surface area contributed by atoms with Crippen LogP contribution in [0.3, 0.4) is 0 Å². The van der Waals surface area contributed by atoms with Gasteiger partial charge in [-0.1, -0.05) is 12.1 Å². The predicted octanol–water partition coefficient (Wildman–Crippen LogP) is 2.43. The molecule has 2 N–H and O–H groups in total. The smallest absolute Gasteiger partial charge is 0.294 e. The molecule has 0 aliphatic heterocycles. The zero-order chi connectivity index (χ0) is 14.3. The molecule has 0 saturated heterocycles. The molecule has 6 nitrogen and oxygen atoms in total. The van der Waals surface area contributed by atoms with Crippen LogP contribution in [0.4, 0.5) is 5.69 Å². The molecule has 1 atom stereocenters. The average molecular weight is 272 g/mol. The number of fused-ring (bicyclic) bond motifs is 1. The van der Waals surface area contributed by atoms with E-state index in [4.69, 9.17) is 5.73 Å². The Kier molecular flexibility index (Phi) is 3.02. The summed E-state index contributed by atoms with van der Waals surface area (Å²) in [6.07, 6.45) is 2.78. The monoisotopic (exact) mass is 272 g/mol. The lowest BCUT2D eigenvalue weighted by Gasteiger charge is -2.20. The first-order valence-electron chi connectivity index (χ1n) is 6.67. The number of nitro groups is 1. The standard InChI is InChI=1S/C14H16N4O2/c1-9-14-10(15)5-4-8-13(14)17(16-9)11-6-2-3-7-12(11)18(19)20/h2-3,6-7,10H,4-5,8,15H2,1H3. The van der Waals surface area contributed by atoms with Crippen molar-refractivity contribution in [2.45, 2.75) is 32.2 Å². The van der Waals surface area contributed by atoms with Crippen LogP contribution in [0.5, 0.6) is 0 Å². The number of aryl methyl sites for hydroxylation is 1. The minimum Gasteiger partial charge on any atom is -0.324 e. The summed E-state index contributed by atoms with van der Waals surface area (Å²) in [6.45, 7) is 1.91. The predicted molar refractivity (Wildman–Crippen MR) is 74.8 cm³/mol. The summed E-state index contributed by atoms with van der Waals surface area (Å²) in [5.74, 6) is 0. The Morgan fingerprint density at radius 3 is 2.95 bits per heavy atom. The van der Waals surface area contributed by atoms with Crippen molar-refractivity contribution < 1.29 is 4.92 Å². The summed E-state index contributed by atoms with van der Waals surface area (Å²) in [6, 6.07) is 6.66. The molecule has 1 aliphatic rings. The molecule has 104 valence electrons. The van der Waals surface area contributed by atoms with E-state index < -0.39 is 0 Å². The highest BCUT2D eigenvalue weighted by Gasteiger charge is 2.27. The Balaban J connectivity index is 2.22. The molecule has 1 aliphatic carbocycles. The zero-order valence-corrected chi connectivity index (χ0v) is 11.2. The molecular formula is C14H16N4O2. The summed E-state index contributed by atoms with van der Waals surface area (Å²) in [4.78, 5) is 10.8. The summed E-state index contributed by atoms with van der Waals surface area (Å²) >= 11 is 0. The third kappa shape index (κ3) is 1.89. The minimum atomic E-state index is -0.374. The molecule has 0 spiro atoms. The first-order chi connectivity index (χ1) is 9.59. The van der Waals surface area contributed by atoms with Gasteiger partial charge in [-0.25, -0.2) is 4.68 Å². The fourth-order valence-electron chi connectivity index (χ4n) is 2.94. The summed E-state index contributed by atoms with van der Waals surface area (Å²) in [5.41, 5.74) is 9.65. The maximum Gasteiger partial charge on any atom is 0.294 e. The number of nitro benzene ring substituents is 1. The Labute approximate surface area is 116 Å². The van der Waals surface area contributed by atoms with Gasteiger partial charge in [0.25, 0.3) is 5.69 Å². The van der Waals surface area contributed by atoms with E-state index in [0.717, 1.165) is 36.2 Å². The van der Waals surface area contributed by atoms with Crippen LogP contribution >= 0.6 is 0 Å². The van der Waals surface area contributed by atoms with E-state index in [0.29, 0.717) is 5.69 Å².